The van der Waals surface area contributed by atoms with Gasteiger partial charge < -0.3 is 10.0 Å². The minimum absolute atomic E-state index is 0.0132. The number of rotatable bonds is 4. The van der Waals surface area contributed by atoms with Gasteiger partial charge in [-0.25, -0.2) is 4.79 Å². The van der Waals surface area contributed by atoms with Gasteiger partial charge in [0.15, 0.2) is 0 Å². The number of carbonyl (C=O) groups excluding carboxylic acids is 1. The monoisotopic (exact) mass is 370 g/mol. The standard InChI is InChI=1S/C18H21F3N2O3/c19-18(20,21)14-11-22(9-12-5-2-1-3-6-12)10-13(14)16(24)23-8-4-7-15(23)17(25)26/h1-3,5-6,13-15H,4,7-11H2,(H,25,26)/t13-,14-,15+/m1/s1. The van der Waals surface area contributed by atoms with E-state index in [2.05, 4.69) is 0 Å². The zero-order chi connectivity index (χ0) is 18.9. The molecule has 1 aromatic rings. The predicted octanol–water partition coefficient (Wildman–Crippen LogP) is 2.37. The van der Waals surface area contributed by atoms with Crippen LogP contribution in [0.5, 0.6) is 0 Å². The molecule has 3 rings (SSSR count). The van der Waals surface area contributed by atoms with Crippen LogP contribution in [-0.2, 0) is 16.1 Å². The molecule has 0 bridgehead atoms. The molecule has 0 spiro atoms. The minimum Gasteiger partial charge on any atom is -0.480 e. The molecule has 1 N–H and O–H groups in total. The van der Waals surface area contributed by atoms with E-state index in [0.29, 0.717) is 13.0 Å². The Balaban J connectivity index is 1.77. The summed E-state index contributed by atoms with van der Waals surface area (Å²) in [6.07, 6.45) is -3.71. The molecule has 0 unspecified atom stereocenters. The van der Waals surface area contributed by atoms with Crippen molar-refractivity contribution in [3.8, 4) is 0 Å². The Labute approximate surface area is 149 Å². The molecule has 2 heterocycles. The summed E-state index contributed by atoms with van der Waals surface area (Å²) in [6.45, 7) is 0.274. The van der Waals surface area contributed by atoms with Crippen molar-refractivity contribution in [2.24, 2.45) is 11.8 Å². The number of carboxylic acid groups (broad SMARTS) is 1. The molecule has 5 nitrogen and oxygen atoms in total. The Bertz CT molecular complexity index is 665. The van der Waals surface area contributed by atoms with Crippen molar-refractivity contribution >= 4 is 11.9 Å². The number of hydrogen-bond acceptors (Lipinski definition) is 3. The number of carbonyl (C=O) groups is 2. The fraction of sp³-hybridized carbons (Fsp3) is 0.556. The van der Waals surface area contributed by atoms with Gasteiger partial charge in [-0.1, -0.05) is 30.3 Å². The quantitative estimate of drug-likeness (QED) is 0.884. The first-order valence-electron chi connectivity index (χ1n) is 8.63. The van der Waals surface area contributed by atoms with Gasteiger partial charge in [-0.15, -0.1) is 0 Å². The topological polar surface area (TPSA) is 60.9 Å². The first-order valence-corrected chi connectivity index (χ1v) is 8.63. The summed E-state index contributed by atoms with van der Waals surface area (Å²) in [4.78, 5) is 26.8. The highest BCUT2D eigenvalue weighted by molar-refractivity contribution is 5.86. The number of hydrogen-bond donors (Lipinski definition) is 1. The number of halogens is 3. The largest absolute Gasteiger partial charge is 0.480 e. The van der Waals surface area contributed by atoms with Crippen molar-refractivity contribution in [2.45, 2.75) is 31.6 Å². The van der Waals surface area contributed by atoms with E-state index in [0.717, 1.165) is 10.5 Å². The molecule has 26 heavy (non-hydrogen) atoms. The maximum atomic E-state index is 13.5. The third kappa shape index (κ3) is 3.85. The van der Waals surface area contributed by atoms with Gasteiger partial charge >= 0.3 is 12.1 Å². The van der Waals surface area contributed by atoms with Gasteiger partial charge in [-0.2, -0.15) is 13.2 Å². The molecule has 1 amide bonds. The molecule has 142 valence electrons. The molecule has 3 atom stereocenters. The van der Waals surface area contributed by atoms with E-state index in [9.17, 15) is 27.9 Å². The highest BCUT2D eigenvalue weighted by atomic mass is 19.4. The van der Waals surface area contributed by atoms with E-state index in [4.69, 9.17) is 0 Å². The Morgan fingerprint density at radius 2 is 1.85 bits per heavy atom. The molecule has 8 heteroatoms. The summed E-state index contributed by atoms with van der Waals surface area (Å²) in [5.41, 5.74) is 0.881. The number of benzene rings is 1. The predicted molar refractivity (Wildman–Crippen MR) is 87.1 cm³/mol. The fourth-order valence-corrected chi connectivity index (χ4v) is 3.94. The summed E-state index contributed by atoms with van der Waals surface area (Å²) in [5.74, 6) is -4.86. The number of alkyl halides is 3. The third-order valence-corrected chi connectivity index (χ3v) is 5.20. The zero-order valence-electron chi connectivity index (χ0n) is 14.2. The van der Waals surface area contributed by atoms with E-state index >= 15 is 0 Å². The zero-order valence-corrected chi connectivity index (χ0v) is 14.2. The second kappa shape index (κ2) is 7.26. The first kappa shape index (κ1) is 18.7. The van der Waals surface area contributed by atoms with E-state index in [1.54, 1.807) is 4.90 Å². The maximum Gasteiger partial charge on any atom is 0.393 e. The smallest absolute Gasteiger partial charge is 0.393 e. The molecule has 2 fully saturated rings. The van der Waals surface area contributed by atoms with Crippen LogP contribution in [0.25, 0.3) is 0 Å². The fourth-order valence-electron chi connectivity index (χ4n) is 3.94. The van der Waals surface area contributed by atoms with Crippen LogP contribution >= 0.6 is 0 Å². The molecule has 0 aromatic heterocycles. The highest BCUT2D eigenvalue weighted by Gasteiger charge is 2.54. The number of amides is 1. The summed E-state index contributed by atoms with van der Waals surface area (Å²) in [7, 11) is 0. The Hall–Kier alpha value is -2.09. The summed E-state index contributed by atoms with van der Waals surface area (Å²) in [5, 5.41) is 9.22. The van der Waals surface area contributed by atoms with Crippen molar-refractivity contribution in [2.75, 3.05) is 19.6 Å². The van der Waals surface area contributed by atoms with Crippen molar-refractivity contribution in [3.63, 3.8) is 0 Å². The molecule has 1 aromatic carbocycles. The summed E-state index contributed by atoms with van der Waals surface area (Å²) < 4.78 is 40.5. The highest BCUT2D eigenvalue weighted by Crippen LogP contribution is 2.39. The lowest BCUT2D eigenvalue weighted by Gasteiger charge is -2.28. The Morgan fingerprint density at radius 3 is 2.46 bits per heavy atom. The van der Waals surface area contributed by atoms with Gasteiger partial charge in [0, 0.05) is 26.2 Å². The second-order valence-corrected chi connectivity index (χ2v) is 6.96. The second-order valence-electron chi connectivity index (χ2n) is 6.96. The molecule has 0 saturated carbocycles. The van der Waals surface area contributed by atoms with Crippen LogP contribution in [-0.4, -0.2) is 58.6 Å². The van der Waals surface area contributed by atoms with Crippen molar-refractivity contribution in [1.82, 2.24) is 9.80 Å². The number of likely N-dealkylation sites (tertiary alicyclic amines) is 2. The normalized spacial score (nSPS) is 27.0. The van der Waals surface area contributed by atoms with Gasteiger partial charge in [0.2, 0.25) is 5.91 Å². The molecular formula is C18H21F3N2O3. The van der Waals surface area contributed by atoms with Crippen molar-refractivity contribution < 1.29 is 27.9 Å². The maximum absolute atomic E-state index is 13.5. The Kier molecular flexibility index (Phi) is 5.22. The van der Waals surface area contributed by atoms with Gasteiger partial charge in [0.1, 0.15) is 6.04 Å². The van der Waals surface area contributed by atoms with E-state index < -0.39 is 35.9 Å². The SMILES string of the molecule is O=C(O)[C@@H]1CCCN1C(=O)[C@@H]1CN(Cc2ccccc2)C[C@H]1C(F)(F)F. The van der Waals surface area contributed by atoms with Crippen molar-refractivity contribution in [3.05, 3.63) is 35.9 Å². The summed E-state index contributed by atoms with van der Waals surface area (Å²) >= 11 is 0. The summed E-state index contributed by atoms with van der Waals surface area (Å²) in [6, 6.07) is 8.11. The van der Waals surface area contributed by atoms with E-state index in [-0.39, 0.29) is 26.1 Å². The van der Waals surface area contributed by atoms with E-state index in [1.807, 2.05) is 30.3 Å². The molecule has 2 aliphatic heterocycles. The van der Waals surface area contributed by atoms with Gasteiger partial charge in [0.05, 0.1) is 11.8 Å². The van der Waals surface area contributed by atoms with Crippen LogP contribution in [0.2, 0.25) is 0 Å². The van der Waals surface area contributed by atoms with Crippen LogP contribution in [0.3, 0.4) is 0 Å². The third-order valence-electron chi connectivity index (χ3n) is 5.20. The molecule has 0 radical (unpaired) electrons. The van der Waals surface area contributed by atoms with Crippen LogP contribution in [0.1, 0.15) is 18.4 Å². The minimum atomic E-state index is -4.50. The van der Waals surface area contributed by atoms with Crippen LogP contribution in [0.4, 0.5) is 13.2 Å². The van der Waals surface area contributed by atoms with Crippen LogP contribution < -0.4 is 0 Å². The lowest BCUT2D eigenvalue weighted by atomic mass is 9.93. The van der Waals surface area contributed by atoms with E-state index in [1.165, 1.54) is 0 Å². The molecule has 2 saturated heterocycles. The average Bonchev–Trinajstić information content (AvgIpc) is 3.21. The number of nitrogens with zero attached hydrogens (tertiary/aromatic N) is 2. The van der Waals surface area contributed by atoms with Crippen LogP contribution in [0.15, 0.2) is 30.3 Å². The lowest BCUT2D eigenvalue weighted by molar-refractivity contribution is -0.186. The average molecular weight is 370 g/mol. The van der Waals surface area contributed by atoms with Gasteiger partial charge in [0.25, 0.3) is 0 Å². The van der Waals surface area contributed by atoms with Gasteiger partial charge in [-0.05, 0) is 18.4 Å². The molecular weight excluding hydrogens is 349 g/mol. The first-order chi connectivity index (χ1) is 12.3. The lowest BCUT2D eigenvalue weighted by Crippen LogP contribution is -2.47. The van der Waals surface area contributed by atoms with Crippen molar-refractivity contribution in [1.29, 1.82) is 0 Å². The van der Waals surface area contributed by atoms with Crippen LogP contribution in [0, 0.1) is 11.8 Å². The number of carboxylic acids is 1. The number of aliphatic carboxylic acids is 1. The van der Waals surface area contributed by atoms with Gasteiger partial charge in [-0.3, -0.25) is 9.69 Å². The Morgan fingerprint density at radius 1 is 1.15 bits per heavy atom. The molecule has 0 aliphatic carbocycles. The molecule has 2 aliphatic rings.